The number of carbonyl (C=O) groups is 1. The van der Waals surface area contributed by atoms with E-state index in [1.165, 1.54) is 19.2 Å². The molecule has 0 unspecified atom stereocenters. The summed E-state index contributed by atoms with van der Waals surface area (Å²) in [6, 6.07) is 3.45. The molecule has 1 aliphatic heterocycles. The van der Waals surface area contributed by atoms with Crippen LogP contribution in [0.15, 0.2) is 18.2 Å². The number of rotatable bonds is 3. The fourth-order valence-electron chi connectivity index (χ4n) is 1.99. The molecule has 1 aromatic rings. The summed E-state index contributed by atoms with van der Waals surface area (Å²) in [5.41, 5.74) is 0.141. The molecule has 0 radical (unpaired) electrons. The van der Waals surface area contributed by atoms with E-state index in [1.54, 1.807) is 0 Å². The second-order valence-electron chi connectivity index (χ2n) is 4.42. The zero-order valence-corrected chi connectivity index (χ0v) is 11.2. The molecule has 0 bridgehead atoms. The van der Waals surface area contributed by atoms with Crippen molar-refractivity contribution in [1.82, 2.24) is 5.32 Å². The first-order chi connectivity index (χ1) is 8.91. The van der Waals surface area contributed by atoms with Gasteiger partial charge < -0.3 is 10.1 Å². The number of amides is 1. The van der Waals surface area contributed by atoms with Crippen LogP contribution in [0.4, 0.5) is 4.39 Å². The number of hydrogen-bond donors (Lipinski definition) is 1. The van der Waals surface area contributed by atoms with Crippen LogP contribution in [0, 0.1) is 5.82 Å². The molecule has 104 valence electrons. The quantitative estimate of drug-likeness (QED) is 0.890. The Morgan fingerprint density at radius 1 is 1.47 bits per heavy atom. The van der Waals surface area contributed by atoms with Crippen molar-refractivity contribution in [3.63, 3.8) is 0 Å². The molecule has 1 amide bonds. The van der Waals surface area contributed by atoms with E-state index in [9.17, 15) is 17.6 Å². The standard InChI is InChI=1S/C12H14FNO4S/c1-18-11-3-2-8(6-10(11)13)12(15)14-9-4-5-19(16,17)7-9/h2-3,6,9H,4-5,7H2,1H3,(H,14,15)/t9-/m1/s1. The second kappa shape index (κ2) is 5.16. The van der Waals surface area contributed by atoms with Gasteiger partial charge in [0.1, 0.15) is 0 Å². The van der Waals surface area contributed by atoms with Crippen molar-refractivity contribution in [1.29, 1.82) is 0 Å². The SMILES string of the molecule is COc1ccc(C(=O)N[C@@H]2CCS(=O)(=O)C2)cc1F. The lowest BCUT2D eigenvalue weighted by Crippen LogP contribution is -2.35. The zero-order chi connectivity index (χ0) is 14.0. The molecule has 7 heteroatoms. The molecule has 5 nitrogen and oxygen atoms in total. The fourth-order valence-corrected chi connectivity index (χ4v) is 3.66. The summed E-state index contributed by atoms with van der Waals surface area (Å²) in [7, 11) is -1.72. The molecule has 1 saturated heterocycles. The molecule has 19 heavy (non-hydrogen) atoms. The molecular weight excluding hydrogens is 273 g/mol. The van der Waals surface area contributed by atoms with Gasteiger partial charge in [-0.25, -0.2) is 12.8 Å². The Morgan fingerprint density at radius 2 is 2.21 bits per heavy atom. The van der Waals surface area contributed by atoms with Crippen LogP contribution in [-0.4, -0.2) is 39.0 Å². The molecule has 0 saturated carbocycles. The number of sulfone groups is 1. The van der Waals surface area contributed by atoms with E-state index in [1.807, 2.05) is 0 Å². The second-order valence-corrected chi connectivity index (χ2v) is 6.65. The van der Waals surface area contributed by atoms with Gasteiger partial charge in [0, 0.05) is 11.6 Å². The highest BCUT2D eigenvalue weighted by atomic mass is 32.2. The number of methoxy groups -OCH3 is 1. The van der Waals surface area contributed by atoms with Crippen LogP contribution < -0.4 is 10.1 Å². The molecule has 1 aromatic carbocycles. The van der Waals surface area contributed by atoms with Gasteiger partial charge in [0.25, 0.3) is 5.91 Å². The topological polar surface area (TPSA) is 72.5 Å². The smallest absolute Gasteiger partial charge is 0.251 e. The molecule has 0 aromatic heterocycles. The molecule has 1 aliphatic rings. The van der Waals surface area contributed by atoms with E-state index < -0.39 is 27.6 Å². The van der Waals surface area contributed by atoms with Gasteiger partial charge in [-0.1, -0.05) is 0 Å². The first-order valence-electron chi connectivity index (χ1n) is 5.76. The van der Waals surface area contributed by atoms with Gasteiger partial charge in [0.2, 0.25) is 0 Å². The molecule has 1 N–H and O–H groups in total. The summed E-state index contributed by atoms with van der Waals surface area (Å²) in [5.74, 6) is -1.04. The van der Waals surface area contributed by atoms with Crippen LogP contribution in [0.2, 0.25) is 0 Å². The maximum Gasteiger partial charge on any atom is 0.251 e. The van der Waals surface area contributed by atoms with Crippen LogP contribution in [0.3, 0.4) is 0 Å². The average Bonchev–Trinajstić information content (AvgIpc) is 2.68. The third-order valence-corrected chi connectivity index (χ3v) is 4.75. The first-order valence-corrected chi connectivity index (χ1v) is 7.58. The molecule has 1 fully saturated rings. The Labute approximate surface area is 110 Å². The number of hydrogen-bond acceptors (Lipinski definition) is 4. The van der Waals surface area contributed by atoms with Crippen molar-refractivity contribution in [2.45, 2.75) is 12.5 Å². The summed E-state index contributed by atoms with van der Waals surface area (Å²) in [4.78, 5) is 11.9. The largest absolute Gasteiger partial charge is 0.494 e. The predicted octanol–water partition coefficient (Wildman–Crippen LogP) is 0.751. The van der Waals surface area contributed by atoms with Crippen molar-refractivity contribution in [2.24, 2.45) is 0 Å². The molecule has 1 heterocycles. The zero-order valence-electron chi connectivity index (χ0n) is 10.3. The summed E-state index contributed by atoms with van der Waals surface area (Å²) >= 11 is 0. The summed E-state index contributed by atoms with van der Waals surface area (Å²) in [6.07, 6.45) is 0.396. The average molecular weight is 287 g/mol. The van der Waals surface area contributed by atoms with Gasteiger partial charge in [-0.05, 0) is 24.6 Å². The minimum Gasteiger partial charge on any atom is -0.494 e. The normalized spacial score (nSPS) is 21.1. The van der Waals surface area contributed by atoms with Crippen molar-refractivity contribution >= 4 is 15.7 Å². The summed E-state index contributed by atoms with van der Waals surface area (Å²) in [5, 5.41) is 2.59. The Hall–Kier alpha value is -1.63. The highest BCUT2D eigenvalue weighted by Gasteiger charge is 2.29. The van der Waals surface area contributed by atoms with Crippen molar-refractivity contribution < 1.29 is 22.3 Å². The number of benzene rings is 1. The number of nitrogens with one attached hydrogen (secondary N) is 1. The van der Waals surface area contributed by atoms with Crippen LogP contribution in [0.5, 0.6) is 5.75 Å². The summed E-state index contributed by atoms with van der Waals surface area (Å²) in [6.45, 7) is 0. The number of ether oxygens (including phenoxy) is 1. The van der Waals surface area contributed by atoms with E-state index in [4.69, 9.17) is 4.74 Å². The van der Waals surface area contributed by atoms with E-state index in [0.29, 0.717) is 6.42 Å². The molecule has 1 atom stereocenters. The van der Waals surface area contributed by atoms with Crippen molar-refractivity contribution in [2.75, 3.05) is 18.6 Å². The summed E-state index contributed by atoms with van der Waals surface area (Å²) < 4.78 is 40.7. The van der Waals surface area contributed by atoms with Crippen LogP contribution in [0.1, 0.15) is 16.8 Å². The Morgan fingerprint density at radius 3 is 2.74 bits per heavy atom. The fraction of sp³-hybridized carbons (Fsp3) is 0.417. The maximum atomic E-state index is 13.4. The number of halogens is 1. The molecule has 0 aliphatic carbocycles. The van der Waals surface area contributed by atoms with Gasteiger partial charge in [-0.3, -0.25) is 4.79 Å². The number of carbonyl (C=O) groups excluding carboxylic acids is 1. The molecule has 2 rings (SSSR count). The highest BCUT2D eigenvalue weighted by Crippen LogP contribution is 2.18. The van der Waals surface area contributed by atoms with E-state index in [-0.39, 0.29) is 22.8 Å². The Bertz CT molecular complexity index is 600. The lowest BCUT2D eigenvalue weighted by atomic mass is 10.1. The van der Waals surface area contributed by atoms with Crippen LogP contribution in [-0.2, 0) is 9.84 Å². The minimum absolute atomic E-state index is 0.0556. The minimum atomic E-state index is -3.05. The van der Waals surface area contributed by atoms with E-state index in [2.05, 4.69) is 5.32 Å². The van der Waals surface area contributed by atoms with E-state index in [0.717, 1.165) is 6.07 Å². The monoisotopic (exact) mass is 287 g/mol. The van der Waals surface area contributed by atoms with Gasteiger partial charge in [0.15, 0.2) is 21.4 Å². The first kappa shape index (κ1) is 13.8. The van der Waals surface area contributed by atoms with E-state index >= 15 is 0 Å². The van der Waals surface area contributed by atoms with Gasteiger partial charge >= 0.3 is 0 Å². The molecule has 0 spiro atoms. The highest BCUT2D eigenvalue weighted by molar-refractivity contribution is 7.91. The predicted molar refractivity (Wildman–Crippen MR) is 67.5 cm³/mol. The van der Waals surface area contributed by atoms with Crippen LogP contribution >= 0.6 is 0 Å². The third-order valence-electron chi connectivity index (χ3n) is 2.98. The lowest BCUT2D eigenvalue weighted by molar-refractivity contribution is 0.0940. The lowest BCUT2D eigenvalue weighted by Gasteiger charge is -2.11. The van der Waals surface area contributed by atoms with Crippen molar-refractivity contribution in [3.05, 3.63) is 29.6 Å². The molecular formula is C12H14FNO4S. The third kappa shape index (κ3) is 3.23. The maximum absolute atomic E-state index is 13.4. The van der Waals surface area contributed by atoms with Crippen molar-refractivity contribution in [3.8, 4) is 5.75 Å². The Balaban J connectivity index is 2.06. The van der Waals surface area contributed by atoms with Gasteiger partial charge in [-0.15, -0.1) is 0 Å². The van der Waals surface area contributed by atoms with Gasteiger partial charge in [-0.2, -0.15) is 0 Å². The van der Waals surface area contributed by atoms with Crippen LogP contribution in [0.25, 0.3) is 0 Å². The Kier molecular flexibility index (Phi) is 3.75. The van der Waals surface area contributed by atoms with Gasteiger partial charge in [0.05, 0.1) is 18.6 Å².